The molecular formula is C11H21NO. The summed E-state index contributed by atoms with van der Waals surface area (Å²) in [6, 6.07) is 0. The molecule has 1 saturated carbocycles. The fourth-order valence-electron chi connectivity index (χ4n) is 1.94. The average Bonchev–Trinajstić information content (AvgIpc) is 2.19. The smallest absolute Gasteiger partial charge is 0.0651 e. The molecule has 2 nitrogen and oxygen atoms in total. The van der Waals surface area contributed by atoms with Crippen LogP contribution < -0.4 is 5.73 Å². The lowest BCUT2D eigenvalue weighted by atomic mass is 9.86. The first kappa shape index (κ1) is 10.7. The van der Waals surface area contributed by atoms with E-state index in [1.165, 1.54) is 25.7 Å². The van der Waals surface area contributed by atoms with E-state index >= 15 is 0 Å². The van der Waals surface area contributed by atoms with Gasteiger partial charge in [0, 0.05) is 0 Å². The Hall–Kier alpha value is -0.340. The Kier molecular flexibility index (Phi) is 5.09. The van der Waals surface area contributed by atoms with Crippen molar-refractivity contribution in [1.82, 2.24) is 0 Å². The number of hydrogen-bond acceptors (Lipinski definition) is 2. The molecule has 0 aromatic rings. The minimum atomic E-state index is 0.412. The molecule has 2 unspecified atom stereocenters. The minimum Gasteiger partial charge on any atom is -0.374 e. The molecule has 0 aromatic heterocycles. The topological polar surface area (TPSA) is 35.2 Å². The van der Waals surface area contributed by atoms with E-state index in [9.17, 15) is 0 Å². The second kappa shape index (κ2) is 6.17. The molecule has 0 bridgehead atoms. The third-order valence-electron chi connectivity index (χ3n) is 2.78. The quantitative estimate of drug-likeness (QED) is 0.677. The number of rotatable bonds is 4. The first-order valence-corrected chi connectivity index (χ1v) is 5.31. The van der Waals surface area contributed by atoms with Gasteiger partial charge in [0.05, 0.1) is 12.7 Å². The maximum absolute atomic E-state index is 5.76. The molecule has 0 amide bonds. The standard InChI is InChI=1S/C11H21NO/c1-2-3-8-13-11-7-5-4-6-10(11)9-12/h2-3,10-11H,4-9,12H2,1H3. The summed E-state index contributed by atoms with van der Waals surface area (Å²) in [6.45, 7) is 3.54. The first-order valence-electron chi connectivity index (χ1n) is 5.31. The molecule has 0 spiro atoms. The Labute approximate surface area is 81.1 Å². The van der Waals surface area contributed by atoms with Crippen LogP contribution >= 0.6 is 0 Å². The van der Waals surface area contributed by atoms with Gasteiger partial charge in [-0.25, -0.2) is 0 Å². The fraction of sp³-hybridized carbons (Fsp3) is 0.818. The highest BCUT2D eigenvalue weighted by atomic mass is 16.5. The summed E-state index contributed by atoms with van der Waals surface area (Å²) in [6.07, 6.45) is 9.57. The van der Waals surface area contributed by atoms with Crippen molar-refractivity contribution in [3.63, 3.8) is 0 Å². The Morgan fingerprint density at radius 2 is 2.15 bits per heavy atom. The van der Waals surface area contributed by atoms with Gasteiger partial charge in [0.25, 0.3) is 0 Å². The van der Waals surface area contributed by atoms with Gasteiger partial charge < -0.3 is 10.5 Å². The molecule has 1 aliphatic carbocycles. The van der Waals surface area contributed by atoms with Gasteiger partial charge >= 0.3 is 0 Å². The van der Waals surface area contributed by atoms with E-state index < -0.39 is 0 Å². The van der Waals surface area contributed by atoms with Crippen LogP contribution in [0, 0.1) is 5.92 Å². The number of allylic oxidation sites excluding steroid dienone is 1. The van der Waals surface area contributed by atoms with Crippen LogP contribution in [-0.4, -0.2) is 19.3 Å². The van der Waals surface area contributed by atoms with Crippen molar-refractivity contribution in [3.8, 4) is 0 Å². The normalized spacial score (nSPS) is 29.7. The van der Waals surface area contributed by atoms with Crippen LogP contribution in [0.4, 0.5) is 0 Å². The van der Waals surface area contributed by atoms with Crippen LogP contribution in [0.2, 0.25) is 0 Å². The van der Waals surface area contributed by atoms with Gasteiger partial charge in [-0.3, -0.25) is 0 Å². The summed E-state index contributed by atoms with van der Waals surface area (Å²) in [5.74, 6) is 0.596. The van der Waals surface area contributed by atoms with Crippen molar-refractivity contribution in [2.24, 2.45) is 11.7 Å². The lowest BCUT2D eigenvalue weighted by Gasteiger charge is -2.30. The van der Waals surface area contributed by atoms with E-state index in [0.717, 1.165) is 13.2 Å². The summed E-state index contributed by atoms with van der Waals surface area (Å²) >= 11 is 0. The van der Waals surface area contributed by atoms with Gasteiger partial charge in [0.1, 0.15) is 0 Å². The maximum Gasteiger partial charge on any atom is 0.0651 e. The van der Waals surface area contributed by atoms with Gasteiger partial charge in [-0.2, -0.15) is 0 Å². The SMILES string of the molecule is CC=CCOC1CCCCC1CN. The molecule has 13 heavy (non-hydrogen) atoms. The molecule has 1 fully saturated rings. The molecular weight excluding hydrogens is 162 g/mol. The van der Waals surface area contributed by atoms with Crippen LogP contribution in [0.3, 0.4) is 0 Å². The van der Waals surface area contributed by atoms with Gasteiger partial charge in [-0.1, -0.05) is 25.0 Å². The van der Waals surface area contributed by atoms with E-state index in [1.807, 2.05) is 13.0 Å². The van der Waals surface area contributed by atoms with E-state index in [1.54, 1.807) is 0 Å². The predicted octanol–water partition coefficient (Wildman–Crippen LogP) is 2.10. The second-order valence-corrected chi connectivity index (χ2v) is 3.72. The number of hydrogen-bond donors (Lipinski definition) is 1. The van der Waals surface area contributed by atoms with E-state index in [-0.39, 0.29) is 0 Å². The number of nitrogens with two attached hydrogens (primary N) is 1. The van der Waals surface area contributed by atoms with Crippen molar-refractivity contribution in [2.75, 3.05) is 13.2 Å². The lowest BCUT2D eigenvalue weighted by Crippen LogP contribution is -2.33. The van der Waals surface area contributed by atoms with Crippen molar-refractivity contribution >= 4 is 0 Å². The zero-order valence-corrected chi connectivity index (χ0v) is 8.54. The van der Waals surface area contributed by atoms with E-state index in [2.05, 4.69) is 6.08 Å². The third-order valence-corrected chi connectivity index (χ3v) is 2.78. The Morgan fingerprint density at radius 1 is 1.38 bits per heavy atom. The molecule has 0 aliphatic heterocycles. The van der Waals surface area contributed by atoms with Gasteiger partial charge in [-0.05, 0) is 32.2 Å². The Morgan fingerprint density at radius 3 is 2.85 bits per heavy atom. The molecule has 2 N–H and O–H groups in total. The lowest BCUT2D eigenvalue weighted by molar-refractivity contribution is 0.00696. The van der Waals surface area contributed by atoms with Crippen LogP contribution in [0.25, 0.3) is 0 Å². The Bertz CT molecular complexity index is 156. The van der Waals surface area contributed by atoms with Crippen molar-refractivity contribution in [1.29, 1.82) is 0 Å². The van der Waals surface area contributed by atoms with Crippen LogP contribution in [-0.2, 0) is 4.74 Å². The molecule has 0 radical (unpaired) electrons. The minimum absolute atomic E-state index is 0.412. The molecule has 0 heterocycles. The summed E-state index contributed by atoms with van der Waals surface area (Å²) < 4.78 is 5.76. The van der Waals surface area contributed by atoms with Gasteiger partial charge in [0.15, 0.2) is 0 Å². The zero-order valence-electron chi connectivity index (χ0n) is 8.54. The van der Waals surface area contributed by atoms with Crippen molar-refractivity contribution in [3.05, 3.63) is 12.2 Å². The highest BCUT2D eigenvalue weighted by molar-refractivity contribution is 4.80. The summed E-state index contributed by atoms with van der Waals surface area (Å²) in [5.41, 5.74) is 5.70. The summed E-state index contributed by atoms with van der Waals surface area (Å²) in [7, 11) is 0. The Balaban J connectivity index is 2.27. The largest absolute Gasteiger partial charge is 0.374 e. The van der Waals surface area contributed by atoms with Crippen LogP contribution in [0.15, 0.2) is 12.2 Å². The predicted molar refractivity (Wildman–Crippen MR) is 55.6 cm³/mol. The molecule has 1 aliphatic rings. The van der Waals surface area contributed by atoms with Crippen LogP contribution in [0.5, 0.6) is 0 Å². The monoisotopic (exact) mass is 183 g/mol. The molecule has 1 rings (SSSR count). The van der Waals surface area contributed by atoms with Crippen molar-refractivity contribution in [2.45, 2.75) is 38.7 Å². The summed E-state index contributed by atoms with van der Waals surface area (Å²) in [5, 5.41) is 0. The molecule has 2 heteroatoms. The van der Waals surface area contributed by atoms with Crippen LogP contribution in [0.1, 0.15) is 32.6 Å². The zero-order chi connectivity index (χ0) is 9.52. The first-order chi connectivity index (χ1) is 6.38. The maximum atomic E-state index is 5.76. The molecule has 0 aromatic carbocycles. The van der Waals surface area contributed by atoms with Gasteiger partial charge in [-0.15, -0.1) is 0 Å². The van der Waals surface area contributed by atoms with Gasteiger partial charge in [0.2, 0.25) is 0 Å². The molecule has 76 valence electrons. The number of ether oxygens (including phenoxy) is 1. The second-order valence-electron chi connectivity index (χ2n) is 3.72. The summed E-state index contributed by atoms with van der Waals surface area (Å²) in [4.78, 5) is 0. The molecule has 2 atom stereocenters. The third kappa shape index (κ3) is 3.49. The van der Waals surface area contributed by atoms with E-state index in [0.29, 0.717) is 12.0 Å². The molecule has 0 saturated heterocycles. The highest BCUT2D eigenvalue weighted by Crippen LogP contribution is 2.25. The van der Waals surface area contributed by atoms with Crippen molar-refractivity contribution < 1.29 is 4.74 Å². The highest BCUT2D eigenvalue weighted by Gasteiger charge is 2.23. The van der Waals surface area contributed by atoms with E-state index in [4.69, 9.17) is 10.5 Å². The average molecular weight is 183 g/mol. The fourth-order valence-corrected chi connectivity index (χ4v) is 1.94.